The van der Waals surface area contributed by atoms with Crippen molar-refractivity contribution >= 4 is 23.5 Å². The number of halogens is 2. The molecule has 0 spiro atoms. The summed E-state index contributed by atoms with van der Waals surface area (Å²) >= 11 is 5.93. The molecule has 1 saturated heterocycles. The molecule has 1 N–H and O–H groups in total. The zero-order chi connectivity index (χ0) is 15.4. The van der Waals surface area contributed by atoms with E-state index in [1.165, 1.54) is 18.2 Å². The number of hydrogen-bond acceptors (Lipinski definition) is 2. The lowest BCUT2D eigenvalue weighted by atomic mass is 9.98. The Morgan fingerprint density at radius 1 is 1.38 bits per heavy atom. The first-order valence-electron chi connectivity index (χ1n) is 6.93. The second kappa shape index (κ2) is 6.89. The van der Waals surface area contributed by atoms with Gasteiger partial charge in [-0.2, -0.15) is 0 Å². The zero-order valence-electron chi connectivity index (χ0n) is 11.5. The predicted octanol–water partition coefficient (Wildman–Crippen LogP) is 2.88. The summed E-state index contributed by atoms with van der Waals surface area (Å²) in [7, 11) is 0. The number of nitrogens with zero attached hydrogens (tertiary/aromatic N) is 1. The van der Waals surface area contributed by atoms with Crippen LogP contribution >= 0.6 is 11.6 Å². The summed E-state index contributed by atoms with van der Waals surface area (Å²) in [6.07, 6.45) is 2.20. The minimum absolute atomic E-state index is 0.0727. The molecular weight excluding hydrogens is 297 g/mol. The Balaban J connectivity index is 2.12. The SMILES string of the molecule is O=C(O)CC1CCCCN1C(=O)Cc1c(F)cccc1Cl. The van der Waals surface area contributed by atoms with Gasteiger partial charge in [-0.1, -0.05) is 17.7 Å². The van der Waals surface area contributed by atoms with E-state index in [0.717, 1.165) is 12.8 Å². The number of aliphatic carboxylic acids is 1. The summed E-state index contributed by atoms with van der Waals surface area (Å²) in [6, 6.07) is 3.98. The summed E-state index contributed by atoms with van der Waals surface area (Å²) < 4.78 is 13.7. The average Bonchev–Trinajstić information content (AvgIpc) is 2.43. The highest BCUT2D eigenvalue weighted by atomic mass is 35.5. The van der Waals surface area contributed by atoms with Gasteiger partial charge in [0.25, 0.3) is 0 Å². The Kier molecular flexibility index (Phi) is 5.17. The Bertz CT molecular complexity index is 529. The normalized spacial score (nSPS) is 18.6. The number of rotatable bonds is 4. The molecule has 2 rings (SSSR count). The fourth-order valence-electron chi connectivity index (χ4n) is 2.70. The maximum Gasteiger partial charge on any atom is 0.305 e. The molecule has 6 heteroatoms. The molecule has 0 bridgehead atoms. The van der Waals surface area contributed by atoms with E-state index in [0.29, 0.717) is 13.0 Å². The average molecular weight is 314 g/mol. The molecular formula is C15H17ClFNO3. The molecule has 1 aromatic rings. The van der Waals surface area contributed by atoms with Crippen LogP contribution in [0.5, 0.6) is 0 Å². The quantitative estimate of drug-likeness (QED) is 0.930. The van der Waals surface area contributed by atoms with E-state index in [4.69, 9.17) is 16.7 Å². The van der Waals surface area contributed by atoms with Gasteiger partial charge in [-0.3, -0.25) is 9.59 Å². The lowest BCUT2D eigenvalue weighted by molar-refractivity contribution is -0.141. The lowest BCUT2D eigenvalue weighted by Gasteiger charge is -2.35. The van der Waals surface area contributed by atoms with Crippen LogP contribution in [0.15, 0.2) is 18.2 Å². The smallest absolute Gasteiger partial charge is 0.305 e. The Morgan fingerprint density at radius 2 is 2.14 bits per heavy atom. The molecule has 114 valence electrons. The monoisotopic (exact) mass is 313 g/mol. The molecule has 1 unspecified atom stereocenters. The van der Waals surface area contributed by atoms with Gasteiger partial charge in [-0.25, -0.2) is 4.39 Å². The van der Waals surface area contributed by atoms with Gasteiger partial charge < -0.3 is 10.0 Å². The summed E-state index contributed by atoms with van der Waals surface area (Å²) in [6.45, 7) is 0.517. The number of carbonyl (C=O) groups excluding carboxylic acids is 1. The number of carboxylic acid groups (broad SMARTS) is 1. The number of carboxylic acids is 1. The number of piperidine rings is 1. The largest absolute Gasteiger partial charge is 0.481 e. The molecule has 1 aromatic carbocycles. The van der Waals surface area contributed by atoms with Crippen LogP contribution in [0.4, 0.5) is 4.39 Å². The first kappa shape index (κ1) is 15.8. The van der Waals surface area contributed by atoms with Crippen LogP contribution in [-0.2, 0) is 16.0 Å². The Morgan fingerprint density at radius 3 is 2.81 bits per heavy atom. The van der Waals surface area contributed by atoms with Crippen molar-refractivity contribution in [3.8, 4) is 0 Å². The van der Waals surface area contributed by atoms with Gasteiger partial charge in [-0.05, 0) is 31.4 Å². The highest BCUT2D eigenvalue weighted by molar-refractivity contribution is 6.31. The molecule has 1 aliphatic rings. The molecule has 1 aliphatic heterocycles. The molecule has 0 aliphatic carbocycles. The second-order valence-corrected chi connectivity index (χ2v) is 5.62. The van der Waals surface area contributed by atoms with Crippen molar-refractivity contribution in [2.75, 3.05) is 6.54 Å². The van der Waals surface area contributed by atoms with E-state index >= 15 is 0 Å². The first-order chi connectivity index (χ1) is 9.99. The van der Waals surface area contributed by atoms with Crippen molar-refractivity contribution in [1.82, 2.24) is 4.90 Å². The number of amides is 1. The van der Waals surface area contributed by atoms with Crippen LogP contribution in [-0.4, -0.2) is 34.5 Å². The topological polar surface area (TPSA) is 57.6 Å². The van der Waals surface area contributed by atoms with Crippen LogP contribution in [0.25, 0.3) is 0 Å². The van der Waals surface area contributed by atoms with E-state index in [-0.39, 0.29) is 35.4 Å². The van der Waals surface area contributed by atoms with Gasteiger partial charge in [-0.15, -0.1) is 0 Å². The molecule has 1 fully saturated rings. The first-order valence-corrected chi connectivity index (χ1v) is 7.31. The van der Waals surface area contributed by atoms with Crippen molar-refractivity contribution in [2.45, 2.75) is 38.1 Å². The van der Waals surface area contributed by atoms with E-state index in [1.54, 1.807) is 4.90 Å². The fourth-order valence-corrected chi connectivity index (χ4v) is 2.93. The van der Waals surface area contributed by atoms with Crippen molar-refractivity contribution in [1.29, 1.82) is 0 Å². The van der Waals surface area contributed by atoms with Crippen LogP contribution in [0.3, 0.4) is 0 Å². The molecule has 4 nitrogen and oxygen atoms in total. The number of likely N-dealkylation sites (tertiary alicyclic amines) is 1. The molecule has 1 amide bonds. The predicted molar refractivity (Wildman–Crippen MR) is 76.7 cm³/mol. The van der Waals surface area contributed by atoms with Crippen molar-refractivity contribution in [3.05, 3.63) is 34.6 Å². The lowest BCUT2D eigenvalue weighted by Crippen LogP contribution is -2.45. The number of carbonyl (C=O) groups is 2. The molecule has 21 heavy (non-hydrogen) atoms. The Labute approximate surface area is 127 Å². The minimum atomic E-state index is -0.927. The van der Waals surface area contributed by atoms with Crippen LogP contribution in [0.1, 0.15) is 31.2 Å². The molecule has 1 atom stereocenters. The van der Waals surface area contributed by atoms with Gasteiger partial charge in [0.15, 0.2) is 0 Å². The van der Waals surface area contributed by atoms with Gasteiger partial charge in [0.2, 0.25) is 5.91 Å². The second-order valence-electron chi connectivity index (χ2n) is 5.21. The number of benzene rings is 1. The third kappa shape index (κ3) is 3.94. The third-order valence-electron chi connectivity index (χ3n) is 3.75. The van der Waals surface area contributed by atoms with E-state index in [1.807, 2.05) is 0 Å². The molecule has 0 radical (unpaired) electrons. The van der Waals surface area contributed by atoms with E-state index < -0.39 is 11.8 Å². The summed E-state index contributed by atoms with van der Waals surface area (Å²) in [5.41, 5.74) is 0.170. The van der Waals surface area contributed by atoms with E-state index in [2.05, 4.69) is 0 Å². The van der Waals surface area contributed by atoms with Crippen molar-refractivity contribution < 1.29 is 19.1 Å². The van der Waals surface area contributed by atoms with Crippen LogP contribution in [0.2, 0.25) is 5.02 Å². The van der Waals surface area contributed by atoms with Crippen molar-refractivity contribution in [3.63, 3.8) is 0 Å². The van der Waals surface area contributed by atoms with Gasteiger partial charge >= 0.3 is 5.97 Å². The van der Waals surface area contributed by atoms with Gasteiger partial charge in [0.05, 0.1) is 12.8 Å². The highest BCUT2D eigenvalue weighted by Crippen LogP contribution is 2.24. The summed E-state index contributed by atoms with van der Waals surface area (Å²) in [4.78, 5) is 24.8. The Hall–Kier alpha value is -1.62. The van der Waals surface area contributed by atoms with Gasteiger partial charge in [0, 0.05) is 23.2 Å². The summed E-state index contributed by atoms with van der Waals surface area (Å²) in [5.74, 6) is -1.71. The van der Waals surface area contributed by atoms with E-state index in [9.17, 15) is 14.0 Å². The standard InChI is InChI=1S/C15H17ClFNO3/c16-12-5-3-6-13(17)11(12)9-14(19)18-7-2-1-4-10(18)8-15(20)21/h3,5-6,10H,1-2,4,7-9H2,(H,20,21). The van der Waals surface area contributed by atoms with Gasteiger partial charge in [0.1, 0.15) is 5.82 Å². The maximum atomic E-state index is 13.7. The molecule has 0 saturated carbocycles. The molecule has 1 heterocycles. The van der Waals surface area contributed by atoms with Crippen LogP contribution < -0.4 is 0 Å². The minimum Gasteiger partial charge on any atom is -0.481 e. The number of hydrogen-bond donors (Lipinski definition) is 1. The third-order valence-corrected chi connectivity index (χ3v) is 4.10. The maximum absolute atomic E-state index is 13.7. The zero-order valence-corrected chi connectivity index (χ0v) is 12.3. The molecule has 0 aromatic heterocycles. The van der Waals surface area contributed by atoms with Crippen molar-refractivity contribution in [2.24, 2.45) is 0 Å². The van der Waals surface area contributed by atoms with Crippen LogP contribution in [0, 0.1) is 5.82 Å². The highest BCUT2D eigenvalue weighted by Gasteiger charge is 2.29. The summed E-state index contributed by atoms with van der Waals surface area (Å²) in [5, 5.41) is 9.14. The fraction of sp³-hybridized carbons (Fsp3) is 0.467.